The molecule has 0 atom stereocenters. The molecule has 2 aromatic carbocycles. The van der Waals surface area contributed by atoms with Crippen LogP contribution in [0.15, 0.2) is 42.7 Å². The lowest BCUT2D eigenvalue weighted by Crippen LogP contribution is -2.24. The Hall–Kier alpha value is -3.75. The third-order valence-electron chi connectivity index (χ3n) is 4.69. The average Bonchev–Trinajstić information content (AvgIpc) is 3.24. The number of carboxylic acid groups (broad SMARTS) is 1. The molecule has 2 heterocycles. The van der Waals surface area contributed by atoms with Gasteiger partial charge in [-0.15, -0.1) is 0 Å². The zero-order valence-corrected chi connectivity index (χ0v) is 15.6. The number of nitrogens with zero attached hydrogens (tertiary/aromatic N) is 4. The molecule has 0 aliphatic rings. The molecule has 8 nitrogen and oxygen atoms in total. The minimum Gasteiger partial charge on any atom is -0.480 e. The number of nitrogens with one attached hydrogen (secondary N) is 1. The maximum absolute atomic E-state index is 14.9. The quantitative estimate of drug-likeness (QED) is 0.522. The number of carboxylic acids is 1. The number of aromatic nitrogens is 4. The zero-order chi connectivity index (χ0) is 20.5. The van der Waals surface area contributed by atoms with Crippen LogP contribution in [0.5, 0.6) is 0 Å². The molecule has 0 radical (unpaired) electrons. The number of carbonyl (C=O) groups is 2. The molecule has 1 amide bonds. The van der Waals surface area contributed by atoms with E-state index in [1.807, 2.05) is 0 Å². The lowest BCUT2D eigenvalue weighted by molar-refractivity contribution is -0.137. The van der Waals surface area contributed by atoms with Crippen LogP contribution in [0.3, 0.4) is 0 Å². The second-order valence-electron chi connectivity index (χ2n) is 6.68. The molecule has 0 fully saturated rings. The van der Waals surface area contributed by atoms with E-state index < -0.39 is 11.8 Å². The highest BCUT2D eigenvalue weighted by Gasteiger charge is 2.16. The van der Waals surface area contributed by atoms with Crippen molar-refractivity contribution in [2.24, 2.45) is 0 Å². The number of benzene rings is 2. The van der Waals surface area contributed by atoms with Crippen LogP contribution in [0, 0.1) is 5.82 Å². The van der Waals surface area contributed by atoms with Gasteiger partial charge in [0.2, 0.25) is 5.91 Å². The first-order valence-electron chi connectivity index (χ1n) is 9.00. The molecule has 0 saturated heterocycles. The molecule has 2 aromatic heterocycles. The fourth-order valence-corrected chi connectivity index (χ4v) is 3.41. The molecule has 0 aliphatic carbocycles. The molecular formula is C20H18FN5O3. The Morgan fingerprint density at radius 1 is 1.10 bits per heavy atom. The normalized spacial score (nSPS) is 11.2. The largest absolute Gasteiger partial charge is 0.480 e. The highest BCUT2D eigenvalue weighted by atomic mass is 19.1. The SMILES string of the molecule is CC(=O)NCCn1ncc2cc(F)c(-c3cccc4c3cnn4CC(=O)O)cc21. The summed E-state index contributed by atoms with van der Waals surface area (Å²) >= 11 is 0. The highest BCUT2D eigenvalue weighted by Crippen LogP contribution is 2.33. The van der Waals surface area contributed by atoms with Gasteiger partial charge in [0.15, 0.2) is 0 Å². The number of amides is 1. The predicted octanol–water partition coefficient (Wildman–Crippen LogP) is 2.41. The maximum Gasteiger partial charge on any atom is 0.325 e. The van der Waals surface area contributed by atoms with Gasteiger partial charge in [-0.2, -0.15) is 10.2 Å². The number of hydrogen-bond donors (Lipinski definition) is 2. The second kappa shape index (κ2) is 7.34. The first-order chi connectivity index (χ1) is 13.9. The Bertz CT molecular complexity index is 1240. The summed E-state index contributed by atoms with van der Waals surface area (Å²) in [5, 5.41) is 21.5. The summed E-state index contributed by atoms with van der Waals surface area (Å²) in [7, 11) is 0. The summed E-state index contributed by atoms with van der Waals surface area (Å²) in [6, 6.07) is 8.41. The molecule has 4 aromatic rings. The van der Waals surface area contributed by atoms with Gasteiger partial charge in [-0.1, -0.05) is 12.1 Å². The summed E-state index contributed by atoms with van der Waals surface area (Å²) in [4.78, 5) is 22.1. The Kier molecular flexibility index (Phi) is 4.71. The fraction of sp³-hybridized carbons (Fsp3) is 0.200. The Morgan fingerprint density at radius 3 is 2.66 bits per heavy atom. The first kappa shape index (κ1) is 18.6. The van der Waals surface area contributed by atoms with E-state index in [1.54, 1.807) is 41.3 Å². The molecule has 29 heavy (non-hydrogen) atoms. The van der Waals surface area contributed by atoms with Gasteiger partial charge in [0.25, 0.3) is 0 Å². The van der Waals surface area contributed by atoms with Gasteiger partial charge in [-0.3, -0.25) is 19.0 Å². The van der Waals surface area contributed by atoms with Crippen molar-refractivity contribution in [3.05, 3.63) is 48.5 Å². The van der Waals surface area contributed by atoms with Crippen LogP contribution in [-0.4, -0.2) is 43.1 Å². The van der Waals surface area contributed by atoms with Crippen molar-refractivity contribution in [3.8, 4) is 11.1 Å². The van der Waals surface area contributed by atoms with Crippen molar-refractivity contribution in [2.45, 2.75) is 20.0 Å². The summed E-state index contributed by atoms with van der Waals surface area (Å²) in [5.41, 5.74) is 2.35. The maximum atomic E-state index is 14.9. The third kappa shape index (κ3) is 3.54. The van der Waals surface area contributed by atoms with Crippen LogP contribution in [-0.2, 0) is 22.7 Å². The summed E-state index contributed by atoms with van der Waals surface area (Å²) in [6.07, 6.45) is 3.13. The van der Waals surface area contributed by atoms with Crippen molar-refractivity contribution < 1.29 is 19.1 Å². The lowest BCUT2D eigenvalue weighted by Gasteiger charge is -2.09. The minimum absolute atomic E-state index is 0.127. The molecular weight excluding hydrogens is 377 g/mol. The molecule has 0 bridgehead atoms. The van der Waals surface area contributed by atoms with Crippen LogP contribution in [0.25, 0.3) is 32.9 Å². The van der Waals surface area contributed by atoms with Gasteiger partial charge in [0, 0.05) is 29.8 Å². The number of halogens is 1. The molecule has 4 rings (SSSR count). The van der Waals surface area contributed by atoms with Crippen molar-refractivity contribution in [2.75, 3.05) is 6.54 Å². The van der Waals surface area contributed by atoms with Crippen molar-refractivity contribution in [1.29, 1.82) is 0 Å². The minimum atomic E-state index is -1.00. The first-order valence-corrected chi connectivity index (χ1v) is 9.00. The number of hydrogen-bond acceptors (Lipinski definition) is 4. The van der Waals surface area contributed by atoms with Crippen LogP contribution < -0.4 is 5.32 Å². The smallest absolute Gasteiger partial charge is 0.325 e. The van der Waals surface area contributed by atoms with E-state index in [0.717, 1.165) is 5.52 Å². The van der Waals surface area contributed by atoms with Gasteiger partial charge in [0.05, 0.1) is 30.0 Å². The zero-order valence-electron chi connectivity index (χ0n) is 15.6. The van der Waals surface area contributed by atoms with Gasteiger partial charge in [-0.05, 0) is 23.8 Å². The van der Waals surface area contributed by atoms with E-state index >= 15 is 0 Å². The molecule has 0 saturated carbocycles. The van der Waals surface area contributed by atoms with Gasteiger partial charge in [-0.25, -0.2) is 4.39 Å². The van der Waals surface area contributed by atoms with Gasteiger partial charge in [0.1, 0.15) is 12.4 Å². The molecule has 0 aliphatic heterocycles. The van der Waals surface area contributed by atoms with Gasteiger partial charge >= 0.3 is 5.97 Å². The summed E-state index contributed by atoms with van der Waals surface area (Å²) in [5.74, 6) is -1.54. The highest BCUT2D eigenvalue weighted by molar-refractivity contribution is 5.97. The van der Waals surface area contributed by atoms with Crippen molar-refractivity contribution in [3.63, 3.8) is 0 Å². The fourth-order valence-electron chi connectivity index (χ4n) is 3.41. The Labute approximate surface area is 164 Å². The molecule has 0 unspecified atom stereocenters. The van der Waals surface area contributed by atoms with Crippen LogP contribution in [0.4, 0.5) is 4.39 Å². The molecule has 148 valence electrons. The van der Waals surface area contributed by atoms with E-state index in [2.05, 4.69) is 15.5 Å². The monoisotopic (exact) mass is 395 g/mol. The predicted molar refractivity (Wildman–Crippen MR) is 105 cm³/mol. The number of carbonyl (C=O) groups excluding carboxylic acids is 1. The van der Waals surface area contributed by atoms with Crippen LogP contribution >= 0.6 is 0 Å². The van der Waals surface area contributed by atoms with E-state index in [9.17, 15) is 14.0 Å². The topological polar surface area (TPSA) is 102 Å². The Morgan fingerprint density at radius 2 is 1.90 bits per heavy atom. The van der Waals surface area contributed by atoms with Crippen LogP contribution in [0.1, 0.15) is 6.92 Å². The standard InChI is InChI=1S/C20H18FN5O3/c1-12(27)22-5-6-25-19-8-15(17(21)7-13(19)9-23-25)14-3-2-4-18-16(14)10-24-26(18)11-20(28)29/h2-4,7-10H,5-6,11H2,1H3,(H,22,27)(H,28,29). The number of fused-ring (bicyclic) bond motifs is 2. The van der Waals surface area contributed by atoms with E-state index in [4.69, 9.17) is 5.11 Å². The molecule has 2 N–H and O–H groups in total. The van der Waals surface area contributed by atoms with Gasteiger partial charge < -0.3 is 10.4 Å². The van der Waals surface area contributed by atoms with Crippen LogP contribution in [0.2, 0.25) is 0 Å². The molecule has 9 heteroatoms. The van der Waals surface area contributed by atoms with E-state index in [1.165, 1.54) is 17.7 Å². The van der Waals surface area contributed by atoms with E-state index in [-0.39, 0.29) is 12.5 Å². The summed E-state index contributed by atoms with van der Waals surface area (Å²) in [6.45, 7) is 2.04. The average molecular weight is 395 g/mol. The number of rotatable bonds is 6. The third-order valence-corrected chi connectivity index (χ3v) is 4.69. The second-order valence-corrected chi connectivity index (χ2v) is 6.68. The van der Waals surface area contributed by atoms with Crippen molar-refractivity contribution in [1.82, 2.24) is 24.9 Å². The van der Waals surface area contributed by atoms with E-state index in [0.29, 0.717) is 40.5 Å². The molecule has 0 spiro atoms. The Balaban J connectivity index is 1.79. The van der Waals surface area contributed by atoms with Crippen molar-refractivity contribution >= 4 is 33.7 Å². The lowest BCUT2D eigenvalue weighted by atomic mass is 10.00. The number of aliphatic carboxylic acids is 1. The summed E-state index contributed by atoms with van der Waals surface area (Å²) < 4.78 is 18.0.